The van der Waals surface area contributed by atoms with Crippen LogP contribution in [0.2, 0.25) is 0 Å². The Bertz CT molecular complexity index is 433. The van der Waals surface area contributed by atoms with Gasteiger partial charge in [-0.2, -0.15) is 13.2 Å². The monoisotopic (exact) mass is 235 g/mol. The van der Waals surface area contributed by atoms with Crippen LogP contribution in [0.1, 0.15) is 5.56 Å². The number of alkyl halides is 3. The molecule has 0 bridgehead atoms. The van der Waals surface area contributed by atoms with Gasteiger partial charge in [-0.15, -0.1) is 4.91 Å². The van der Waals surface area contributed by atoms with E-state index in [9.17, 15) is 28.2 Å². The molecule has 16 heavy (non-hydrogen) atoms. The zero-order valence-corrected chi connectivity index (χ0v) is 7.49. The number of nitro groups is 1. The van der Waals surface area contributed by atoms with E-state index in [0.29, 0.717) is 12.1 Å². The summed E-state index contributed by atoms with van der Waals surface area (Å²) in [7, 11) is 0. The van der Waals surface area contributed by atoms with Gasteiger partial charge in [0.2, 0.25) is 0 Å². The summed E-state index contributed by atoms with van der Waals surface area (Å²) in [5.74, 6) is 0. The lowest BCUT2D eigenvalue weighted by atomic mass is 10.1. The Morgan fingerprint density at radius 3 is 2.44 bits per heavy atom. The summed E-state index contributed by atoms with van der Waals surface area (Å²) in [5, 5.41) is 12.5. The van der Waals surface area contributed by atoms with Crippen LogP contribution in [-0.2, 0) is 6.18 Å². The molecule has 0 saturated carbocycles. The van der Waals surface area contributed by atoms with Crippen molar-refractivity contribution in [2.24, 2.45) is 5.29 Å². The van der Waals surface area contributed by atoms with Gasteiger partial charge in [-0.25, -0.2) is 5.43 Å². The third-order valence-electron chi connectivity index (χ3n) is 1.67. The first-order chi connectivity index (χ1) is 7.36. The molecule has 1 N–H and O–H groups in total. The molecule has 86 valence electrons. The maximum Gasteiger partial charge on any atom is 0.423 e. The summed E-state index contributed by atoms with van der Waals surface area (Å²) >= 11 is 0. The number of rotatable bonds is 3. The van der Waals surface area contributed by atoms with Crippen LogP contribution in [0.5, 0.6) is 0 Å². The van der Waals surface area contributed by atoms with Gasteiger partial charge in [-0.05, 0) is 12.1 Å². The number of nitroso groups, excluding NO2 is 1. The van der Waals surface area contributed by atoms with Crippen LogP contribution in [0.4, 0.5) is 24.5 Å². The average molecular weight is 235 g/mol. The molecule has 0 saturated heterocycles. The molecule has 0 aromatic heterocycles. The smallest absolute Gasteiger partial charge is 0.258 e. The summed E-state index contributed by atoms with van der Waals surface area (Å²) in [6.45, 7) is 0. The highest BCUT2D eigenvalue weighted by atomic mass is 19.4. The molecule has 9 heteroatoms. The number of halogens is 3. The highest BCUT2D eigenvalue weighted by Gasteiger charge is 2.38. The van der Waals surface area contributed by atoms with E-state index in [1.165, 1.54) is 0 Å². The van der Waals surface area contributed by atoms with Gasteiger partial charge in [-0.3, -0.25) is 10.1 Å². The average Bonchev–Trinajstić information content (AvgIpc) is 2.16. The lowest BCUT2D eigenvalue weighted by Crippen LogP contribution is -2.09. The second kappa shape index (κ2) is 4.13. The molecule has 0 radical (unpaired) electrons. The van der Waals surface area contributed by atoms with Crippen LogP contribution in [-0.4, -0.2) is 4.92 Å². The van der Waals surface area contributed by atoms with Gasteiger partial charge >= 0.3 is 6.18 Å². The van der Waals surface area contributed by atoms with Crippen molar-refractivity contribution in [1.82, 2.24) is 0 Å². The van der Waals surface area contributed by atoms with Crippen molar-refractivity contribution < 1.29 is 18.1 Å². The Balaban J connectivity index is 3.32. The van der Waals surface area contributed by atoms with E-state index in [1.807, 2.05) is 0 Å². The number of nitrogens with zero attached hydrogens (tertiary/aromatic N) is 2. The Kier molecular flexibility index (Phi) is 3.06. The fourth-order valence-corrected chi connectivity index (χ4v) is 1.04. The standard InChI is InChI=1S/C7H4F3N3O3/c8-7(9,10)5-3-4(11-12-14)1-2-6(5)13(15)16/h1-3H,(H,11,14). The van der Waals surface area contributed by atoms with Gasteiger partial charge in [0.05, 0.1) is 15.9 Å². The summed E-state index contributed by atoms with van der Waals surface area (Å²) in [6, 6.07) is 2.05. The van der Waals surface area contributed by atoms with E-state index in [4.69, 9.17) is 0 Å². The van der Waals surface area contributed by atoms with Crippen LogP contribution < -0.4 is 5.43 Å². The molecule has 1 rings (SSSR count). The van der Waals surface area contributed by atoms with Crippen LogP contribution >= 0.6 is 0 Å². The first-order valence-electron chi connectivity index (χ1n) is 3.80. The van der Waals surface area contributed by atoms with E-state index in [-0.39, 0.29) is 5.69 Å². The van der Waals surface area contributed by atoms with Crippen LogP contribution in [0.15, 0.2) is 23.5 Å². The lowest BCUT2D eigenvalue weighted by molar-refractivity contribution is -0.388. The van der Waals surface area contributed by atoms with E-state index in [1.54, 1.807) is 5.43 Å². The number of hydrogen-bond donors (Lipinski definition) is 1. The molecule has 0 amide bonds. The van der Waals surface area contributed by atoms with Crippen molar-refractivity contribution in [2.75, 3.05) is 5.43 Å². The second-order valence-corrected chi connectivity index (χ2v) is 2.69. The minimum Gasteiger partial charge on any atom is -0.258 e. The number of nitro benzene ring substituents is 1. The molecule has 0 aliphatic carbocycles. The van der Waals surface area contributed by atoms with E-state index in [2.05, 4.69) is 5.29 Å². The van der Waals surface area contributed by atoms with Crippen molar-refractivity contribution in [3.05, 3.63) is 38.8 Å². The summed E-state index contributed by atoms with van der Waals surface area (Å²) in [4.78, 5) is 19.0. The fraction of sp³-hybridized carbons (Fsp3) is 0.143. The van der Waals surface area contributed by atoms with E-state index in [0.717, 1.165) is 6.07 Å². The molecule has 0 heterocycles. The summed E-state index contributed by atoms with van der Waals surface area (Å²) in [5.41, 5.74) is -1.06. The number of nitrogens with one attached hydrogen (secondary N) is 1. The van der Waals surface area contributed by atoms with Crippen molar-refractivity contribution in [1.29, 1.82) is 0 Å². The normalized spacial score (nSPS) is 10.9. The van der Waals surface area contributed by atoms with Gasteiger partial charge < -0.3 is 0 Å². The zero-order chi connectivity index (χ0) is 12.3. The van der Waals surface area contributed by atoms with Gasteiger partial charge in [-0.1, -0.05) is 0 Å². The first kappa shape index (κ1) is 11.9. The predicted molar refractivity (Wildman–Crippen MR) is 47.5 cm³/mol. The third-order valence-corrected chi connectivity index (χ3v) is 1.67. The topological polar surface area (TPSA) is 84.6 Å². The van der Waals surface area contributed by atoms with Crippen molar-refractivity contribution in [3.63, 3.8) is 0 Å². The molecule has 0 aliphatic rings. The van der Waals surface area contributed by atoms with Crippen LogP contribution in [0.25, 0.3) is 0 Å². The maximum atomic E-state index is 12.4. The maximum absolute atomic E-state index is 12.4. The molecular formula is C7H4F3N3O3. The number of hydrogen-bond acceptors (Lipinski definition) is 4. The van der Waals surface area contributed by atoms with Gasteiger partial charge in [0.25, 0.3) is 5.69 Å². The lowest BCUT2D eigenvalue weighted by Gasteiger charge is -2.08. The zero-order valence-electron chi connectivity index (χ0n) is 7.49. The van der Waals surface area contributed by atoms with Gasteiger partial charge in [0.1, 0.15) is 5.56 Å². The van der Waals surface area contributed by atoms with E-state index >= 15 is 0 Å². The first-order valence-corrected chi connectivity index (χ1v) is 3.80. The number of benzene rings is 1. The van der Waals surface area contributed by atoms with Crippen molar-refractivity contribution in [3.8, 4) is 0 Å². The summed E-state index contributed by atoms with van der Waals surface area (Å²) in [6.07, 6.45) is -4.87. The Hall–Kier alpha value is -2.19. The Morgan fingerprint density at radius 2 is 2.00 bits per heavy atom. The molecule has 0 unspecified atom stereocenters. The molecule has 0 aliphatic heterocycles. The minimum absolute atomic E-state index is 0.270. The molecule has 0 spiro atoms. The highest BCUT2D eigenvalue weighted by molar-refractivity contribution is 5.54. The van der Waals surface area contributed by atoms with Crippen LogP contribution in [0.3, 0.4) is 0 Å². The van der Waals surface area contributed by atoms with Gasteiger partial charge in [0, 0.05) is 6.07 Å². The van der Waals surface area contributed by atoms with E-state index < -0.39 is 22.4 Å². The van der Waals surface area contributed by atoms with Crippen molar-refractivity contribution >= 4 is 11.4 Å². The molecule has 0 atom stereocenters. The Labute approximate surface area is 86.2 Å². The van der Waals surface area contributed by atoms with Gasteiger partial charge in [0.15, 0.2) is 0 Å². The van der Waals surface area contributed by atoms with Crippen LogP contribution in [0, 0.1) is 15.0 Å². The molecule has 1 aromatic carbocycles. The largest absolute Gasteiger partial charge is 0.423 e. The highest BCUT2D eigenvalue weighted by Crippen LogP contribution is 2.37. The minimum atomic E-state index is -4.87. The quantitative estimate of drug-likeness (QED) is 0.495. The third kappa shape index (κ3) is 2.43. The second-order valence-electron chi connectivity index (χ2n) is 2.69. The predicted octanol–water partition coefficient (Wildman–Crippen LogP) is 2.71. The molecular weight excluding hydrogens is 231 g/mol. The Morgan fingerprint density at radius 1 is 1.38 bits per heavy atom. The fourth-order valence-electron chi connectivity index (χ4n) is 1.04. The molecule has 1 aromatic rings. The number of anilines is 1. The molecule has 0 fully saturated rings. The SMILES string of the molecule is O=NNc1ccc([N+](=O)[O-])c(C(F)(F)F)c1. The van der Waals surface area contributed by atoms with Crippen molar-refractivity contribution in [2.45, 2.75) is 6.18 Å². The summed E-state index contributed by atoms with van der Waals surface area (Å²) < 4.78 is 37.2. The molecule has 6 nitrogen and oxygen atoms in total.